The van der Waals surface area contributed by atoms with E-state index in [1.165, 1.54) is 0 Å². The van der Waals surface area contributed by atoms with Crippen molar-refractivity contribution >= 4 is 5.97 Å². The molecule has 6 heteroatoms. The molecule has 2 aliphatic rings. The SMILES string of the molecule is O=C(OC1C2CCCN1CC2)C(F)(F)F. The topological polar surface area (TPSA) is 29.5 Å². The standard InChI is InChI=1S/C9H12F3NO2/c10-9(11,12)8(14)15-7-6-2-1-4-13(7)5-3-6/h6-7H,1-5H2. The minimum Gasteiger partial charge on any atom is -0.439 e. The lowest BCUT2D eigenvalue weighted by atomic mass is 9.99. The van der Waals surface area contributed by atoms with Crippen molar-refractivity contribution in [2.75, 3.05) is 13.1 Å². The normalized spacial score (nSPS) is 35.3. The maximum atomic E-state index is 12.0. The third-order valence-corrected chi connectivity index (χ3v) is 3.03. The van der Waals surface area contributed by atoms with E-state index in [2.05, 4.69) is 4.74 Å². The van der Waals surface area contributed by atoms with E-state index in [0.29, 0.717) is 0 Å². The second kappa shape index (κ2) is 3.66. The number of carbonyl (C=O) groups excluding carboxylic acids is 1. The van der Waals surface area contributed by atoms with Gasteiger partial charge in [0.05, 0.1) is 0 Å². The third kappa shape index (κ3) is 2.09. The highest BCUT2D eigenvalue weighted by Crippen LogP contribution is 2.34. The zero-order valence-corrected chi connectivity index (χ0v) is 8.09. The molecule has 2 bridgehead atoms. The van der Waals surface area contributed by atoms with Gasteiger partial charge in [0.2, 0.25) is 0 Å². The quantitative estimate of drug-likeness (QED) is 0.631. The van der Waals surface area contributed by atoms with Gasteiger partial charge in [-0.05, 0) is 19.3 Å². The number of fused-ring (bicyclic) bond motifs is 2. The van der Waals surface area contributed by atoms with Crippen LogP contribution in [0.3, 0.4) is 0 Å². The van der Waals surface area contributed by atoms with Crippen LogP contribution in [0.25, 0.3) is 0 Å². The predicted molar refractivity (Wildman–Crippen MR) is 44.8 cm³/mol. The number of ether oxygens (including phenoxy) is 1. The number of hydrogen-bond donors (Lipinski definition) is 0. The predicted octanol–water partition coefficient (Wildman–Crippen LogP) is 1.53. The Morgan fingerprint density at radius 2 is 2.00 bits per heavy atom. The van der Waals surface area contributed by atoms with Gasteiger partial charge in [-0.2, -0.15) is 13.2 Å². The monoisotopic (exact) mass is 223 g/mol. The van der Waals surface area contributed by atoms with Gasteiger partial charge in [0, 0.05) is 19.0 Å². The Hall–Kier alpha value is -0.780. The van der Waals surface area contributed by atoms with E-state index in [1.807, 2.05) is 4.90 Å². The molecular weight excluding hydrogens is 211 g/mol. The van der Waals surface area contributed by atoms with Crippen molar-refractivity contribution in [3.8, 4) is 0 Å². The van der Waals surface area contributed by atoms with Crippen LogP contribution in [0, 0.1) is 5.92 Å². The lowest BCUT2D eigenvalue weighted by molar-refractivity contribution is -0.215. The van der Waals surface area contributed by atoms with Crippen molar-refractivity contribution in [1.29, 1.82) is 0 Å². The second-order valence-electron chi connectivity index (χ2n) is 4.02. The van der Waals surface area contributed by atoms with Crippen LogP contribution in [-0.2, 0) is 9.53 Å². The van der Waals surface area contributed by atoms with E-state index in [4.69, 9.17) is 0 Å². The van der Waals surface area contributed by atoms with Crippen molar-refractivity contribution in [3.05, 3.63) is 0 Å². The molecule has 2 rings (SSSR count). The van der Waals surface area contributed by atoms with E-state index in [9.17, 15) is 18.0 Å². The van der Waals surface area contributed by atoms with Crippen molar-refractivity contribution in [1.82, 2.24) is 4.90 Å². The molecule has 0 radical (unpaired) electrons. The Morgan fingerprint density at radius 3 is 2.60 bits per heavy atom. The Balaban J connectivity index is 1.98. The average molecular weight is 223 g/mol. The first kappa shape index (κ1) is 10.7. The number of alkyl halides is 3. The van der Waals surface area contributed by atoms with Crippen molar-refractivity contribution in [2.24, 2.45) is 5.92 Å². The van der Waals surface area contributed by atoms with Crippen LogP contribution >= 0.6 is 0 Å². The van der Waals surface area contributed by atoms with Gasteiger partial charge in [-0.1, -0.05) is 0 Å². The molecule has 15 heavy (non-hydrogen) atoms. The molecule has 2 fully saturated rings. The molecule has 0 N–H and O–H groups in total. The molecular formula is C9H12F3NO2. The molecule has 3 atom stereocenters. The number of piperidine rings is 1. The van der Waals surface area contributed by atoms with E-state index in [1.54, 1.807) is 0 Å². The maximum absolute atomic E-state index is 12.0. The molecule has 86 valence electrons. The zero-order valence-electron chi connectivity index (χ0n) is 8.09. The molecule has 0 aromatic heterocycles. The van der Waals surface area contributed by atoms with E-state index < -0.39 is 18.4 Å². The van der Waals surface area contributed by atoms with Crippen LogP contribution in [-0.4, -0.2) is 36.4 Å². The van der Waals surface area contributed by atoms with Gasteiger partial charge in [-0.25, -0.2) is 4.79 Å². The summed E-state index contributed by atoms with van der Waals surface area (Å²) < 4.78 is 40.5. The Bertz CT molecular complexity index is 251. The second-order valence-corrected chi connectivity index (χ2v) is 4.02. The summed E-state index contributed by atoms with van der Waals surface area (Å²) in [6, 6.07) is 0. The summed E-state index contributed by atoms with van der Waals surface area (Å²) >= 11 is 0. The van der Waals surface area contributed by atoms with Gasteiger partial charge >= 0.3 is 12.1 Å². The average Bonchev–Trinajstić information content (AvgIpc) is 2.38. The summed E-state index contributed by atoms with van der Waals surface area (Å²) in [6.07, 6.45) is -2.86. The van der Waals surface area contributed by atoms with Gasteiger partial charge in [0.1, 0.15) is 0 Å². The first-order valence-corrected chi connectivity index (χ1v) is 5.00. The van der Waals surface area contributed by atoms with Crippen LogP contribution in [0.2, 0.25) is 0 Å². The minimum absolute atomic E-state index is 0.0880. The number of nitrogens with zero attached hydrogens (tertiary/aromatic N) is 1. The Morgan fingerprint density at radius 1 is 1.27 bits per heavy atom. The molecule has 3 unspecified atom stereocenters. The van der Waals surface area contributed by atoms with Crippen molar-refractivity contribution in [3.63, 3.8) is 0 Å². The number of esters is 1. The molecule has 0 aromatic carbocycles. The summed E-state index contributed by atoms with van der Waals surface area (Å²) in [7, 11) is 0. The van der Waals surface area contributed by atoms with Crippen LogP contribution in [0.15, 0.2) is 0 Å². The van der Waals surface area contributed by atoms with Crippen LogP contribution < -0.4 is 0 Å². The van der Waals surface area contributed by atoms with Crippen LogP contribution in [0.4, 0.5) is 13.2 Å². The summed E-state index contributed by atoms with van der Waals surface area (Å²) in [6.45, 7) is 1.47. The highest BCUT2D eigenvalue weighted by molar-refractivity contribution is 5.75. The minimum atomic E-state index is -4.88. The highest BCUT2D eigenvalue weighted by atomic mass is 19.4. The van der Waals surface area contributed by atoms with Gasteiger partial charge in [-0.3, -0.25) is 4.90 Å². The summed E-state index contributed by atoms with van der Waals surface area (Å²) in [5.74, 6) is -1.98. The summed E-state index contributed by atoms with van der Waals surface area (Å²) in [4.78, 5) is 12.5. The van der Waals surface area contributed by atoms with E-state index in [0.717, 1.165) is 32.4 Å². The van der Waals surface area contributed by atoms with Crippen LogP contribution in [0.5, 0.6) is 0 Å². The largest absolute Gasteiger partial charge is 0.490 e. The third-order valence-electron chi connectivity index (χ3n) is 3.03. The van der Waals surface area contributed by atoms with Crippen molar-refractivity contribution < 1.29 is 22.7 Å². The lowest BCUT2D eigenvalue weighted by Crippen LogP contribution is -2.43. The first-order valence-electron chi connectivity index (χ1n) is 5.00. The van der Waals surface area contributed by atoms with Gasteiger partial charge < -0.3 is 4.74 Å². The molecule has 2 aliphatic heterocycles. The van der Waals surface area contributed by atoms with Gasteiger partial charge in [-0.15, -0.1) is 0 Å². The number of rotatable bonds is 1. The van der Waals surface area contributed by atoms with Gasteiger partial charge in [0.25, 0.3) is 0 Å². The van der Waals surface area contributed by atoms with E-state index >= 15 is 0 Å². The Labute approximate surface area is 85.2 Å². The maximum Gasteiger partial charge on any atom is 0.490 e. The molecule has 0 aliphatic carbocycles. The smallest absolute Gasteiger partial charge is 0.439 e. The number of halogens is 3. The number of carbonyl (C=O) groups is 1. The first-order chi connectivity index (χ1) is 6.98. The Kier molecular flexibility index (Phi) is 2.62. The summed E-state index contributed by atoms with van der Waals surface area (Å²) in [5.41, 5.74) is 0. The fourth-order valence-corrected chi connectivity index (χ4v) is 2.33. The fraction of sp³-hybridized carbons (Fsp3) is 0.889. The summed E-state index contributed by atoms with van der Waals surface area (Å²) in [5, 5.41) is 0. The highest BCUT2D eigenvalue weighted by Gasteiger charge is 2.47. The zero-order chi connectivity index (χ0) is 11.1. The molecule has 0 saturated carbocycles. The van der Waals surface area contributed by atoms with Crippen LogP contribution in [0.1, 0.15) is 19.3 Å². The molecule has 0 spiro atoms. The fourth-order valence-electron chi connectivity index (χ4n) is 2.33. The molecule has 2 heterocycles. The van der Waals surface area contributed by atoms with Gasteiger partial charge in [0.15, 0.2) is 6.23 Å². The number of hydrogen-bond acceptors (Lipinski definition) is 3. The molecule has 0 amide bonds. The molecule has 0 aromatic rings. The molecule has 2 saturated heterocycles. The van der Waals surface area contributed by atoms with Crippen molar-refractivity contribution in [2.45, 2.75) is 31.7 Å². The molecule has 3 nitrogen and oxygen atoms in total. The lowest BCUT2D eigenvalue weighted by Gasteiger charge is -2.32. The van der Waals surface area contributed by atoms with E-state index in [-0.39, 0.29) is 5.92 Å².